The number of ether oxygens (including phenoxy) is 5. The maximum Gasteiger partial charge on any atom is 0.408 e. The van der Waals surface area contributed by atoms with Gasteiger partial charge < -0.3 is 34.1 Å². The summed E-state index contributed by atoms with van der Waals surface area (Å²) < 4.78 is 29.3. The van der Waals surface area contributed by atoms with Gasteiger partial charge in [-0.05, 0) is 34.6 Å². The zero-order chi connectivity index (χ0) is 26.3. The van der Waals surface area contributed by atoms with E-state index < -0.39 is 77.4 Å². The second-order valence-electron chi connectivity index (χ2n) is 9.61. The number of carboxylic acids is 1. The molecule has 6 atom stereocenters. The van der Waals surface area contributed by atoms with Crippen LogP contribution in [0.2, 0.25) is 0 Å². The monoisotopic (exact) mass is 499 g/mol. The molecular formula is C21H29N3O11. The smallest absolute Gasteiger partial charge is 0.408 e. The van der Waals surface area contributed by atoms with E-state index in [0.717, 1.165) is 17.6 Å². The van der Waals surface area contributed by atoms with E-state index in [-0.39, 0.29) is 0 Å². The Morgan fingerprint density at radius 3 is 2.37 bits per heavy atom. The molecule has 14 nitrogen and oxygen atoms in total. The number of carboxylic acid groups (broad SMARTS) is 1. The summed E-state index contributed by atoms with van der Waals surface area (Å²) in [5, 5.41) is 12.1. The minimum Gasteiger partial charge on any atom is -0.480 e. The molecule has 2 fully saturated rings. The van der Waals surface area contributed by atoms with Crippen LogP contribution in [0.4, 0.5) is 4.79 Å². The van der Waals surface area contributed by atoms with Crippen LogP contribution in [0.3, 0.4) is 0 Å². The number of hydrogen-bond acceptors (Lipinski definition) is 10. The molecular weight excluding hydrogens is 470 g/mol. The van der Waals surface area contributed by atoms with E-state index in [1.54, 1.807) is 34.6 Å². The van der Waals surface area contributed by atoms with E-state index in [0.29, 0.717) is 0 Å². The second-order valence-corrected chi connectivity index (χ2v) is 9.61. The van der Waals surface area contributed by atoms with Crippen molar-refractivity contribution in [2.75, 3.05) is 0 Å². The van der Waals surface area contributed by atoms with Gasteiger partial charge in [0.15, 0.2) is 24.2 Å². The van der Waals surface area contributed by atoms with Crippen LogP contribution in [0.15, 0.2) is 21.9 Å². The van der Waals surface area contributed by atoms with Crippen molar-refractivity contribution in [1.82, 2.24) is 14.9 Å². The topological polar surface area (TPSA) is 184 Å². The number of carbonyl (C=O) groups excluding carboxylic acids is 2. The third-order valence-electron chi connectivity index (χ3n) is 5.08. The van der Waals surface area contributed by atoms with Crippen LogP contribution in [0.5, 0.6) is 0 Å². The zero-order valence-electron chi connectivity index (χ0n) is 20.1. The Morgan fingerprint density at radius 1 is 1.20 bits per heavy atom. The van der Waals surface area contributed by atoms with E-state index in [1.807, 2.05) is 0 Å². The fraction of sp³-hybridized carbons (Fsp3) is 0.667. The number of aromatic nitrogens is 2. The Bertz CT molecular complexity index is 1100. The molecule has 0 bridgehead atoms. The summed E-state index contributed by atoms with van der Waals surface area (Å²) in [6, 6.07) is -0.709. The molecule has 3 heterocycles. The molecule has 1 aromatic rings. The first-order chi connectivity index (χ1) is 16.1. The molecule has 2 saturated heterocycles. The molecule has 2 aliphatic rings. The second kappa shape index (κ2) is 9.43. The fourth-order valence-corrected chi connectivity index (χ4v) is 3.96. The molecule has 194 valence electrons. The Hall–Kier alpha value is -3.23. The van der Waals surface area contributed by atoms with Crippen LogP contribution < -0.4 is 16.6 Å². The number of aliphatic carboxylic acids is 1. The molecule has 0 aromatic carbocycles. The normalized spacial score (nSPS) is 26.9. The molecule has 1 unspecified atom stereocenters. The largest absolute Gasteiger partial charge is 0.480 e. The van der Waals surface area contributed by atoms with Crippen molar-refractivity contribution in [2.24, 2.45) is 0 Å². The molecule has 1 aromatic heterocycles. The summed E-state index contributed by atoms with van der Waals surface area (Å²) in [5.74, 6) is -3.56. The molecule has 0 aliphatic carbocycles. The fourth-order valence-electron chi connectivity index (χ4n) is 3.96. The van der Waals surface area contributed by atoms with E-state index in [1.165, 1.54) is 6.20 Å². The van der Waals surface area contributed by atoms with Crippen molar-refractivity contribution >= 4 is 18.0 Å². The first-order valence-corrected chi connectivity index (χ1v) is 10.8. The molecule has 0 spiro atoms. The van der Waals surface area contributed by atoms with Gasteiger partial charge in [0.05, 0.1) is 0 Å². The summed E-state index contributed by atoms with van der Waals surface area (Å²) in [7, 11) is 0. The molecule has 14 heteroatoms. The van der Waals surface area contributed by atoms with Gasteiger partial charge in [0.1, 0.15) is 23.9 Å². The van der Waals surface area contributed by atoms with Crippen LogP contribution in [0.25, 0.3) is 0 Å². The van der Waals surface area contributed by atoms with Crippen molar-refractivity contribution in [2.45, 2.75) is 89.6 Å². The number of fused-ring (bicyclic) bond motifs is 1. The highest BCUT2D eigenvalue weighted by Crippen LogP contribution is 2.44. The van der Waals surface area contributed by atoms with E-state index in [2.05, 4.69) is 10.3 Å². The van der Waals surface area contributed by atoms with Gasteiger partial charge in [0, 0.05) is 19.2 Å². The molecule has 0 saturated carbocycles. The SMILES string of the molecule is CC(=O)O[C@H]([C@H]1O[C@@H](n2ccc(=O)[nH]c2=O)C2OC(C)(C)O[C@H]21)[C@H](NC(=O)OC(C)(C)C)C(=O)O. The van der Waals surface area contributed by atoms with Gasteiger partial charge in [0.2, 0.25) is 0 Å². The van der Waals surface area contributed by atoms with Gasteiger partial charge >= 0.3 is 23.7 Å². The summed E-state index contributed by atoms with van der Waals surface area (Å²) in [5.41, 5.74) is -2.37. The van der Waals surface area contributed by atoms with Crippen molar-refractivity contribution in [3.8, 4) is 0 Å². The number of nitrogens with zero attached hydrogens (tertiary/aromatic N) is 1. The molecule has 0 radical (unpaired) electrons. The highest BCUT2D eigenvalue weighted by molar-refractivity contribution is 5.81. The maximum absolute atomic E-state index is 12.4. The number of nitrogens with one attached hydrogen (secondary N) is 2. The van der Waals surface area contributed by atoms with E-state index in [9.17, 15) is 29.1 Å². The van der Waals surface area contributed by atoms with Gasteiger partial charge in [0.25, 0.3) is 5.56 Å². The van der Waals surface area contributed by atoms with Gasteiger partial charge in [-0.25, -0.2) is 14.4 Å². The quantitative estimate of drug-likeness (QED) is 0.443. The Labute approximate surface area is 199 Å². The highest BCUT2D eigenvalue weighted by atomic mass is 16.8. The van der Waals surface area contributed by atoms with Crippen molar-refractivity contribution in [1.29, 1.82) is 0 Å². The third kappa shape index (κ3) is 6.07. The number of carbonyl (C=O) groups is 3. The number of H-pyrrole nitrogens is 1. The van der Waals surface area contributed by atoms with Gasteiger partial charge in [-0.15, -0.1) is 0 Å². The summed E-state index contributed by atoms with van der Waals surface area (Å²) >= 11 is 0. The van der Waals surface area contributed by atoms with Gasteiger partial charge in [-0.2, -0.15) is 0 Å². The number of esters is 1. The third-order valence-corrected chi connectivity index (χ3v) is 5.08. The summed E-state index contributed by atoms with van der Waals surface area (Å²) in [6.45, 7) is 9.04. The van der Waals surface area contributed by atoms with Gasteiger partial charge in [-0.3, -0.25) is 19.1 Å². The van der Waals surface area contributed by atoms with Crippen molar-refractivity contribution in [3.05, 3.63) is 33.1 Å². The summed E-state index contributed by atoms with van der Waals surface area (Å²) in [4.78, 5) is 62.5. The van der Waals surface area contributed by atoms with E-state index >= 15 is 0 Å². The van der Waals surface area contributed by atoms with Crippen LogP contribution in [-0.4, -0.2) is 74.5 Å². The average Bonchev–Trinajstić information content (AvgIpc) is 3.16. The van der Waals surface area contributed by atoms with Crippen LogP contribution in [-0.2, 0) is 33.3 Å². The van der Waals surface area contributed by atoms with Crippen LogP contribution in [0.1, 0.15) is 47.8 Å². The van der Waals surface area contributed by atoms with Crippen molar-refractivity contribution in [3.63, 3.8) is 0 Å². The van der Waals surface area contributed by atoms with Crippen LogP contribution >= 0.6 is 0 Å². The highest BCUT2D eigenvalue weighted by Gasteiger charge is 2.60. The number of aromatic amines is 1. The number of amides is 1. The molecule has 2 aliphatic heterocycles. The predicted molar refractivity (Wildman–Crippen MR) is 115 cm³/mol. The molecule has 3 N–H and O–H groups in total. The molecule has 3 rings (SSSR count). The number of hydrogen-bond donors (Lipinski definition) is 3. The lowest BCUT2D eigenvalue weighted by molar-refractivity contribution is -0.214. The lowest BCUT2D eigenvalue weighted by Gasteiger charge is -2.32. The number of alkyl carbamates (subject to hydrolysis) is 1. The first kappa shape index (κ1) is 26.4. The first-order valence-electron chi connectivity index (χ1n) is 10.8. The lowest BCUT2D eigenvalue weighted by atomic mass is 9.99. The van der Waals surface area contributed by atoms with Crippen molar-refractivity contribution < 1.29 is 43.2 Å². The van der Waals surface area contributed by atoms with Gasteiger partial charge in [-0.1, -0.05) is 0 Å². The zero-order valence-corrected chi connectivity index (χ0v) is 20.1. The lowest BCUT2D eigenvalue weighted by Crippen LogP contribution is -2.57. The minimum absolute atomic E-state index is 0.633. The minimum atomic E-state index is -1.81. The Kier molecular flexibility index (Phi) is 7.11. The molecule has 1 amide bonds. The standard InChI is InChI=1S/C21H29N3O11/c1-9(25)31-12(11(17(27)28)23-19(30)35-20(2,3)4)13-14-15(34-21(5,6)33-14)16(32-13)24-8-7-10(26)22-18(24)29/h7-8,11-16H,1-6H3,(H,23,30)(H,27,28)(H,22,26,29)/t11-,12-,13+,14-,15?,16+/m0/s1. The van der Waals surface area contributed by atoms with Crippen LogP contribution in [0, 0.1) is 0 Å². The predicted octanol–water partition coefficient (Wildman–Crippen LogP) is -0.136. The average molecular weight is 499 g/mol. The molecule has 35 heavy (non-hydrogen) atoms. The maximum atomic E-state index is 12.4. The summed E-state index contributed by atoms with van der Waals surface area (Å²) in [6.07, 6.45) is -5.92. The van der Waals surface area contributed by atoms with E-state index in [4.69, 9.17) is 23.7 Å². The Morgan fingerprint density at radius 2 is 1.83 bits per heavy atom. The Balaban J connectivity index is 2.01. The number of rotatable bonds is 6.